The second-order valence-electron chi connectivity index (χ2n) is 5.92. The van der Waals surface area contributed by atoms with Crippen LogP contribution in [0, 0.1) is 0 Å². The number of allylic oxidation sites excluding steroid dienone is 3. The summed E-state index contributed by atoms with van der Waals surface area (Å²) in [6.45, 7) is 7.46. The van der Waals surface area contributed by atoms with Gasteiger partial charge in [-0.3, -0.25) is 0 Å². The highest BCUT2D eigenvalue weighted by Gasteiger charge is 2.03. The summed E-state index contributed by atoms with van der Waals surface area (Å²) in [7, 11) is 0. The lowest BCUT2D eigenvalue weighted by Crippen LogP contribution is -2.17. The SMILES string of the molecule is C=C1C=CC=CN1CCCCCCCCCCCCC. The topological polar surface area (TPSA) is 3.24 Å². The van der Waals surface area contributed by atoms with E-state index in [0.717, 1.165) is 12.2 Å². The maximum absolute atomic E-state index is 4.05. The summed E-state index contributed by atoms with van der Waals surface area (Å²) in [5.41, 5.74) is 1.12. The zero-order chi connectivity index (χ0) is 14.5. The molecule has 0 fully saturated rings. The molecule has 0 aliphatic carbocycles. The van der Waals surface area contributed by atoms with Gasteiger partial charge >= 0.3 is 0 Å². The number of hydrogen-bond acceptors (Lipinski definition) is 1. The van der Waals surface area contributed by atoms with Gasteiger partial charge in [-0.25, -0.2) is 0 Å². The van der Waals surface area contributed by atoms with Gasteiger partial charge in [0.15, 0.2) is 0 Å². The first-order valence-electron chi connectivity index (χ1n) is 8.65. The highest BCUT2D eigenvalue weighted by Crippen LogP contribution is 2.14. The van der Waals surface area contributed by atoms with Gasteiger partial charge in [0, 0.05) is 18.4 Å². The summed E-state index contributed by atoms with van der Waals surface area (Å²) in [5, 5.41) is 0. The fourth-order valence-electron chi connectivity index (χ4n) is 2.68. The highest BCUT2D eigenvalue weighted by atomic mass is 15.1. The van der Waals surface area contributed by atoms with Crippen molar-refractivity contribution in [2.24, 2.45) is 0 Å². The van der Waals surface area contributed by atoms with Crippen molar-refractivity contribution in [1.29, 1.82) is 0 Å². The Morgan fingerprint density at radius 2 is 1.35 bits per heavy atom. The van der Waals surface area contributed by atoms with E-state index in [2.05, 4.69) is 42.8 Å². The molecule has 20 heavy (non-hydrogen) atoms. The van der Waals surface area contributed by atoms with Gasteiger partial charge in [0.05, 0.1) is 0 Å². The molecule has 0 spiro atoms. The molecule has 1 rings (SSSR count). The lowest BCUT2D eigenvalue weighted by atomic mass is 10.1. The maximum atomic E-state index is 4.05. The predicted octanol–water partition coefficient (Wildman–Crippen LogP) is 6.20. The second-order valence-corrected chi connectivity index (χ2v) is 5.92. The average Bonchev–Trinajstić information content (AvgIpc) is 2.46. The van der Waals surface area contributed by atoms with Crippen molar-refractivity contribution in [3.05, 3.63) is 36.7 Å². The fourth-order valence-corrected chi connectivity index (χ4v) is 2.68. The molecular formula is C19H33N. The van der Waals surface area contributed by atoms with Gasteiger partial charge in [0.1, 0.15) is 0 Å². The first-order chi connectivity index (χ1) is 9.84. The Hall–Kier alpha value is -0.980. The zero-order valence-corrected chi connectivity index (χ0v) is 13.4. The van der Waals surface area contributed by atoms with E-state index in [4.69, 9.17) is 0 Å². The summed E-state index contributed by atoms with van der Waals surface area (Å²) in [6, 6.07) is 0. The summed E-state index contributed by atoms with van der Waals surface area (Å²) in [4.78, 5) is 2.26. The molecule has 0 aromatic rings. The third-order valence-corrected chi connectivity index (χ3v) is 4.04. The molecule has 0 atom stereocenters. The van der Waals surface area contributed by atoms with Crippen molar-refractivity contribution >= 4 is 0 Å². The summed E-state index contributed by atoms with van der Waals surface area (Å²) in [5.74, 6) is 0. The van der Waals surface area contributed by atoms with Gasteiger partial charge in [-0.15, -0.1) is 0 Å². The van der Waals surface area contributed by atoms with Crippen LogP contribution in [0.2, 0.25) is 0 Å². The van der Waals surface area contributed by atoms with E-state index >= 15 is 0 Å². The number of hydrogen-bond donors (Lipinski definition) is 0. The standard InChI is InChI=1S/C19H33N/c1-3-4-5-6-7-8-9-10-11-12-14-17-20-18-15-13-16-19(20)2/h13,15-16,18H,2-12,14,17H2,1H3. The van der Waals surface area contributed by atoms with Crippen LogP contribution in [0.4, 0.5) is 0 Å². The van der Waals surface area contributed by atoms with Crippen LogP contribution in [-0.2, 0) is 0 Å². The first-order valence-corrected chi connectivity index (χ1v) is 8.65. The third-order valence-electron chi connectivity index (χ3n) is 4.04. The van der Waals surface area contributed by atoms with Crippen LogP contribution in [0.5, 0.6) is 0 Å². The van der Waals surface area contributed by atoms with Crippen molar-refractivity contribution in [2.45, 2.75) is 77.6 Å². The van der Waals surface area contributed by atoms with E-state index in [1.54, 1.807) is 0 Å². The Kier molecular flexibility index (Phi) is 10.1. The molecule has 0 N–H and O–H groups in total. The first kappa shape index (κ1) is 17.1. The van der Waals surface area contributed by atoms with E-state index in [-0.39, 0.29) is 0 Å². The molecule has 0 bridgehead atoms. The van der Waals surface area contributed by atoms with Crippen LogP contribution in [0.25, 0.3) is 0 Å². The Labute approximate surface area is 126 Å². The Morgan fingerprint density at radius 1 is 0.800 bits per heavy atom. The smallest absolute Gasteiger partial charge is 0.0333 e. The van der Waals surface area contributed by atoms with Crippen molar-refractivity contribution in [3.8, 4) is 0 Å². The van der Waals surface area contributed by atoms with Crippen LogP contribution in [0.1, 0.15) is 77.6 Å². The summed E-state index contributed by atoms with van der Waals surface area (Å²) >= 11 is 0. The molecular weight excluding hydrogens is 242 g/mol. The van der Waals surface area contributed by atoms with Crippen LogP contribution < -0.4 is 0 Å². The van der Waals surface area contributed by atoms with Crippen LogP contribution in [-0.4, -0.2) is 11.4 Å². The lowest BCUT2D eigenvalue weighted by Gasteiger charge is -2.22. The molecule has 0 saturated carbocycles. The maximum Gasteiger partial charge on any atom is 0.0333 e. The summed E-state index contributed by atoms with van der Waals surface area (Å²) < 4.78 is 0. The van der Waals surface area contributed by atoms with E-state index in [1.807, 2.05) is 0 Å². The number of nitrogens with zero attached hydrogens (tertiary/aromatic N) is 1. The molecule has 0 aromatic carbocycles. The van der Waals surface area contributed by atoms with Crippen LogP contribution in [0.3, 0.4) is 0 Å². The number of unbranched alkanes of at least 4 members (excludes halogenated alkanes) is 10. The van der Waals surface area contributed by atoms with Gasteiger partial charge in [-0.05, 0) is 18.6 Å². The predicted molar refractivity (Wildman–Crippen MR) is 90.6 cm³/mol. The molecule has 0 radical (unpaired) electrons. The molecule has 114 valence electrons. The molecule has 0 aromatic heterocycles. The minimum absolute atomic E-state index is 1.12. The van der Waals surface area contributed by atoms with Crippen LogP contribution in [0.15, 0.2) is 36.7 Å². The van der Waals surface area contributed by atoms with Gasteiger partial charge < -0.3 is 4.90 Å². The van der Waals surface area contributed by atoms with Gasteiger partial charge in [-0.1, -0.05) is 83.8 Å². The molecule has 1 aliphatic heterocycles. The largest absolute Gasteiger partial charge is 0.348 e. The average molecular weight is 275 g/mol. The Morgan fingerprint density at radius 3 is 1.90 bits per heavy atom. The molecule has 0 saturated heterocycles. The van der Waals surface area contributed by atoms with E-state index in [0.29, 0.717) is 0 Å². The van der Waals surface area contributed by atoms with Crippen LogP contribution >= 0.6 is 0 Å². The third kappa shape index (κ3) is 8.24. The quantitative estimate of drug-likeness (QED) is 0.383. The molecule has 0 amide bonds. The minimum atomic E-state index is 1.12. The van der Waals surface area contributed by atoms with E-state index in [9.17, 15) is 0 Å². The molecule has 1 heteroatoms. The summed E-state index contributed by atoms with van der Waals surface area (Å²) in [6.07, 6.45) is 23.8. The molecule has 1 nitrogen and oxygen atoms in total. The number of rotatable bonds is 12. The van der Waals surface area contributed by atoms with E-state index in [1.165, 1.54) is 70.6 Å². The Bertz CT molecular complexity index is 301. The highest BCUT2D eigenvalue weighted by molar-refractivity contribution is 5.25. The fraction of sp³-hybridized carbons (Fsp3) is 0.684. The van der Waals surface area contributed by atoms with Gasteiger partial charge in [0.25, 0.3) is 0 Å². The van der Waals surface area contributed by atoms with Gasteiger partial charge in [0.2, 0.25) is 0 Å². The minimum Gasteiger partial charge on any atom is -0.348 e. The lowest BCUT2D eigenvalue weighted by molar-refractivity contribution is 0.444. The second kappa shape index (κ2) is 11.8. The van der Waals surface area contributed by atoms with Crippen molar-refractivity contribution in [2.75, 3.05) is 6.54 Å². The molecule has 0 unspecified atom stereocenters. The van der Waals surface area contributed by atoms with Crippen molar-refractivity contribution in [3.63, 3.8) is 0 Å². The zero-order valence-electron chi connectivity index (χ0n) is 13.4. The van der Waals surface area contributed by atoms with Crippen molar-refractivity contribution < 1.29 is 0 Å². The van der Waals surface area contributed by atoms with E-state index < -0.39 is 0 Å². The van der Waals surface area contributed by atoms with Gasteiger partial charge in [-0.2, -0.15) is 0 Å². The van der Waals surface area contributed by atoms with Crippen molar-refractivity contribution in [1.82, 2.24) is 4.90 Å². The normalized spacial score (nSPS) is 14.2. The monoisotopic (exact) mass is 275 g/mol. The molecule has 1 aliphatic rings. The Balaban J connectivity index is 1.82. The molecule has 1 heterocycles.